The normalized spacial score (nSPS) is 13.9. The van der Waals surface area contributed by atoms with Gasteiger partial charge >= 0.3 is 0 Å². The molecule has 0 N–H and O–H groups in total. The summed E-state index contributed by atoms with van der Waals surface area (Å²) in [6.07, 6.45) is 6.58. The molecular formula is C24H23NO5. The molecule has 1 heterocycles. The lowest BCUT2D eigenvalue weighted by atomic mass is 9.99. The van der Waals surface area contributed by atoms with Crippen LogP contribution in [0.25, 0.3) is 10.8 Å². The topological polar surface area (TPSA) is 74.7 Å². The zero-order valence-electron chi connectivity index (χ0n) is 17.0. The van der Waals surface area contributed by atoms with Crippen LogP contribution in [0.15, 0.2) is 42.6 Å². The summed E-state index contributed by atoms with van der Waals surface area (Å²) in [6, 6.07) is 10.4. The van der Waals surface area contributed by atoms with Crippen LogP contribution in [0.5, 0.6) is 17.2 Å². The quantitative estimate of drug-likeness (QED) is 0.422. The zero-order chi connectivity index (χ0) is 21.1. The number of aromatic nitrogens is 1. The Labute approximate surface area is 174 Å². The number of pyridine rings is 1. The SMILES string of the molecule is COc1cccc(C(=O)c2ncc(C=O)c3cc(OC4CCCC4)c(OC)cc23)c1. The van der Waals surface area contributed by atoms with E-state index in [1.165, 1.54) is 6.20 Å². The summed E-state index contributed by atoms with van der Waals surface area (Å²) in [5, 5.41) is 1.16. The molecular weight excluding hydrogens is 382 g/mol. The Morgan fingerprint density at radius 3 is 2.50 bits per heavy atom. The van der Waals surface area contributed by atoms with Gasteiger partial charge < -0.3 is 14.2 Å². The fourth-order valence-electron chi connectivity index (χ4n) is 3.88. The number of aldehydes is 1. The zero-order valence-corrected chi connectivity index (χ0v) is 17.0. The Kier molecular flexibility index (Phi) is 5.65. The van der Waals surface area contributed by atoms with E-state index in [1.807, 2.05) is 0 Å². The van der Waals surface area contributed by atoms with Crippen LogP contribution in [0.3, 0.4) is 0 Å². The Bertz CT molecular complexity index is 1100. The van der Waals surface area contributed by atoms with Crippen LogP contribution < -0.4 is 14.2 Å². The van der Waals surface area contributed by atoms with Crippen molar-refractivity contribution < 1.29 is 23.8 Å². The molecule has 1 aliphatic rings. The molecule has 0 bridgehead atoms. The lowest BCUT2D eigenvalue weighted by Crippen LogP contribution is -2.12. The van der Waals surface area contributed by atoms with Crippen LogP contribution in [-0.4, -0.2) is 37.4 Å². The van der Waals surface area contributed by atoms with E-state index in [4.69, 9.17) is 14.2 Å². The predicted molar refractivity (Wildman–Crippen MR) is 113 cm³/mol. The molecule has 1 saturated carbocycles. The second-order valence-corrected chi connectivity index (χ2v) is 7.31. The van der Waals surface area contributed by atoms with Crippen LogP contribution in [0.1, 0.15) is 52.1 Å². The van der Waals surface area contributed by atoms with Crippen molar-refractivity contribution >= 4 is 22.8 Å². The highest BCUT2D eigenvalue weighted by molar-refractivity contribution is 6.17. The number of carbonyl (C=O) groups excluding carboxylic acids is 2. The third kappa shape index (κ3) is 3.73. The monoisotopic (exact) mass is 405 g/mol. The van der Waals surface area contributed by atoms with Crippen molar-refractivity contribution in [2.75, 3.05) is 14.2 Å². The number of carbonyl (C=O) groups is 2. The van der Waals surface area contributed by atoms with E-state index in [0.29, 0.717) is 39.1 Å². The van der Waals surface area contributed by atoms with Crippen molar-refractivity contribution in [1.82, 2.24) is 4.98 Å². The average molecular weight is 405 g/mol. The standard InChI is InChI=1S/C24H23NO5/c1-28-18-9-5-6-15(10-18)24(27)23-20-12-21(29-2)22(30-17-7-3-4-8-17)11-19(20)16(14-26)13-25-23/h5-6,9-14,17H,3-4,7-8H2,1-2H3. The van der Waals surface area contributed by atoms with Gasteiger partial charge in [0.25, 0.3) is 0 Å². The van der Waals surface area contributed by atoms with E-state index < -0.39 is 0 Å². The number of nitrogens with zero attached hydrogens (tertiary/aromatic N) is 1. The Balaban J connectivity index is 1.84. The van der Waals surface area contributed by atoms with Crippen molar-refractivity contribution in [3.63, 3.8) is 0 Å². The van der Waals surface area contributed by atoms with Gasteiger partial charge in [-0.25, -0.2) is 0 Å². The maximum absolute atomic E-state index is 13.2. The summed E-state index contributed by atoms with van der Waals surface area (Å²) in [4.78, 5) is 29.2. The van der Waals surface area contributed by atoms with Crippen molar-refractivity contribution in [1.29, 1.82) is 0 Å². The number of fused-ring (bicyclic) bond motifs is 1. The molecule has 0 unspecified atom stereocenters. The van der Waals surface area contributed by atoms with Crippen LogP contribution in [0.2, 0.25) is 0 Å². The van der Waals surface area contributed by atoms with Crippen LogP contribution >= 0.6 is 0 Å². The van der Waals surface area contributed by atoms with E-state index in [9.17, 15) is 9.59 Å². The van der Waals surface area contributed by atoms with Gasteiger partial charge in [0.2, 0.25) is 5.78 Å². The maximum atomic E-state index is 13.2. The molecule has 30 heavy (non-hydrogen) atoms. The molecule has 0 radical (unpaired) electrons. The molecule has 0 atom stereocenters. The lowest BCUT2D eigenvalue weighted by molar-refractivity contribution is 0.103. The number of methoxy groups -OCH3 is 2. The lowest BCUT2D eigenvalue weighted by Gasteiger charge is -2.18. The molecule has 0 aliphatic heterocycles. The molecule has 6 heteroatoms. The van der Waals surface area contributed by atoms with E-state index in [2.05, 4.69) is 4.98 Å². The summed E-state index contributed by atoms with van der Waals surface area (Å²) in [6.45, 7) is 0. The number of rotatable bonds is 7. The van der Waals surface area contributed by atoms with Crippen LogP contribution in [-0.2, 0) is 0 Å². The van der Waals surface area contributed by atoms with Crippen LogP contribution in [0, 0.1) is 0 Å². The first-order chi connectivity index (χ1) is 14.6. The molecule has 1 aliphatic carbocycles. The van der Waals surface area contributed by atoms with E-state index in [-0.39, 0.29) is 17.6 Å². The summed E-state index contributed by atoms with van der Waals surface area (Å²) in [5.41, 5.74) is 1.09. The first-order valence-corrected chi connectivity index (χ1v) is 9.96. The van der Waals surface area contributed by atoms with E-state index >= 15 is 0 Å². The summed E-state index contributed by atoms with van der Waals surface area (Å²) >= 11 is 0. The molecule has 154 valence electrons. The first-order valence-electron chi connectivity index (χ1n) is 9.96. The molecule has 6 nitrogen and oxygen atoms in total. The highest BCUT2D eigenvalue weighted by Crippen LogP contribution is 2.37. The molecule has 2 aromatic carbocycles. The van der Waals surface area contributed by atoms with Gasteiger partial charge in [-0.2, -0.15) is 0 Å². The largest absolute Gasteiger partial charge is 0.497 e. The van der Waals surface area contributed by atoms with Gasteiger partial charge in [-0.15, -0.1) is 0 Å². The van der Waals surface area contributed by atoms with Crippen molar-refractivity contribution in [2.45, 2.75) is 31.8 Å². The van der Waals surface area contributed by atoms with E-state index in [0.717, 1.165) is 32.0 Å². The summed E-state index contributed by atoms with van der Waals surface area (Å²) in [5.74, 6) is 1.41. The summed E-state index contributed by atoms with van der Waals surface area (Å²) in [7, 11) is 3.11. The Morgan fingerprint density at radius 1 is 1.03 bits per heavy atom. The predicted octanol–water partition coefficient (Wildman–Crippen LogP) is 4.62. The smallest absolute Gasteiger partial charge is 0.212 e. The fourth-order valence-corrected chi connectivity index (χ4v) is 3.88. The first kappa shape index (κ1) is 19.9. The highest BCUT2D eigenvalue weighted by Gasteiger charge is 2.22. The third-order valence-corrected chi connectivity index (χ3v) is 5.47. The van der Waals surface area contributed by atoms with Gasteiger partial charge in [-0.3, -0.25) is 14.6 Å². The van der Waals surface area contributed by atoms with Crippen LogP contribution in [0.4, 0.5) is 0 Å². The highest BCUT2D eigenvalue weighted by atomic mass is 16.5. The molecule has 0 saturated heterocycles. The average Bonchev–Trinajstić information content (AvgIpc) is 3.30. The van der Waals surface area contributed by atoms with Gasteiger partial charge in [0.1, 0.15) is 11.4 Å². The molecule has 3 aromatic rings. The van der Waals surface area contributed by atoms with Crippen molar-refractivity contribution in [2.24, 2.45) is 0 Å². The third-order valence-electron chi connectivity index (χ3n) is 5.47. The van der Waals surface area contributed by atoms with Gasteiger partial charge in [0.15, 0.2) is 17.8 Å². The number of benzene rings is 2. The number of ether oxygens (including phenoxy) is 3. The van der Waals surface area contributed by atoms with Crippen molar-refractivity contribution in [3.8, 4) is 17.2 Å². The maximum Gasteiger partial charge on any atom is 0.212 e. The fraction of sp³-hybridized carbons (Fsp3) is 0.292. The van der Waals surface area contributed by atoms with E-state index in [1.54, 1.807) is 50.6 Å². The summed E-state index contributed by atoms with van der Waals surface area (Å²) < 4.78 is 16.9. The van der Waals surface area contributed by atoms with Gasteiger partial charge in [-0.1, -0.05) is 12.1 Å². The van der Waals surface area contributed by atoms with Crippen molar-refractivity contribution in [3.05, 3.63) is 59.4 Å². The number of ketones is 1. The minimum Gasteiger partial charge on any atom is -0.497 e. The Hall–Kier alpha value is -3.41. The second-order valence-electron chi connectivity index (χ2n) is 7.31. The molecule has 0 amide bonds. The minimum absolute atomic E-state index is 0.135. The molecule has 1 fully saturated rings. The van der Waals surface area contributed by atoms with Gasteiger partial charge in [0, 0.05) is 22.7 Å². The Morgan fingerprint density at radius 2 is 1.80 bits per heavy atom. The number of hydrogen-bond acceptors (Lipinski definition) is 6. The molecule has 4 rings (SSSR count). The van der Waals surface area contributed by atoms with Gasteiger partial charge in [0.05, 0.1) is 20.3 Å². The van der Waals surface area contributed by atoms with Gasteiger partial charge in [-0.05, 0) is 55.3 Å². The number of hydrogen-bond donors (Lipinski definition) is 0. The minimum atomic E-state index is -0.261. The molecule has 0 spiro atoms. The molecule has 1 aromatic heterocycles. The second kappa shape index (κ2) is 8.53.